The molecule has 3 aromatic rings. The lowest BCUT2D eigenvalue weighted by Crippen LogP contribution is -2.08. The van der Waals surface area contributed by atoms with Crippen LogP contribution < -0.4 is 14.2 Å². The SMILES string of the molecule is COc1ccccc1/C=C/C=C1\Oc2cc(OC(=O)c3ccc(Br)cc3)ccc2C1=O. The lowest BCUT2D eigenvalue weighted by Gasteiger charge is -2.05. The molecule has 0 amide bonds. The van der Waals surface area contributed by atoms with E-state index in [1.807, 2.05) is 30.3 Å². The van der Waals surface area contributed by atoms with Gasteiger partial charge in [-0.3, -0.25) is 4.79 Å². The van der Waals surface area contributed by atoms with Crippen LogP contribution in [0.5, 0.6) is 17.2 Å². The van der Waals surface area contributed by atoms with Crippen molar-refractivity contribution in [3.8, 4) is 17.2 Å². The van der Waals surface area contributed by atoms with Crippen molar-refractivity contribution in [2.45, 2.75) is 0 Å². The first-order chi connectivity index (χ1) is 15.0. The highest BCUT2D eigenvalue weighted by Gasteiger charge is 2.27. The highest BCUT2D eigenvalue weighted by molar-refractivity contribution is 9.10. The second-order valence-corrected chi connectivity index (χ2v) is 7.53. The van der Waals surface area contributed by atoms with E-state index in [1.165, 1.54) is 6.07 Å². The summed E-state index contributed by atoms with van der Waals surface area (Å²) < 4.78 is 17.3. The predicted octanol–water partition coefficient (Wildman–Crippen LogP) is 5.85. The molecule has 0 saturated heterocycles. The molecule has 1 heterocycles. The van der Waals surface area contributed by atoms with Crippen LogP contribution in [0.2, 0.25) is 0 Å². The van der Waals surface area contributed by atoms with Gasteiger partial charge in [-0.25, -0.2) is 4.79 Å². The summed E-state index contributed by atoms with van der Waals surface area (Å²) in [6.07, 6.45) is 5.16. The van der Waals surface area contributed by atoms with Gasteiger partial charge in [0.2, 0.25) is 5.78 Å². The third kappa shape index (κ3) is 4.59. The number of hydrogen-bond acceptors (Lipinski definition) is 5. The van der Waals surface area contributed by atoms with E-state index >= 15 is 0 Å². The smallest absolute Gasteiger partial charge is 0.343 e. The highest BCUT2D eigenvalue weighted by Crippen LogP contribution is 2.34. The standard InChI is InChI=1S/C25H17BrO5/c1-29-21-7-3-2-5-16(21)6-4-8-22-24(27)20-14-13-19(15-23(20)31-22)30-25(28)17-9-11-18(26)12-10-17/h2-15H,1H3/b6-4+,22-8-. The first kappa shape index (κ1) is 20.6. The largest absolute Gasteiger partial charge is 0.496 e. The second-order valence-electron chi connectivity index (χ2n) is 6.62. The number of methoxy groups -OCH3 is 1. The highest BCUT2D eigenvalue weighted by atomic mass is 79.9. The van der Waals surface area contributed by atoms with E-state index in [0.717, 1.165) is 15.8 Å². The van der Waals surface area contributed by atoms with Crippen LogP contribution in [0.3, 0.4) is 0 Å². The summed E-state index contributed by atoms with van der Waals surface area (Å²) in [5, 5.41) is 0. The molecular weight excluding hydrogens is 460 g/mol. The van der Waals surface area contributed by atoms with E-state index in [9.17, 15) is 9.59 Å². The number of para-hydroxylation sites is 1. The predicted molar refractivity (Wildman–Crippen MR) is 121 cm³/mol. The van der Waals surface area contributed by atoms with Gasteiger partial charge in [0.15, 0.2) is 5.76 Å². The molecule has 0 atom stereocenters. The van der Waals surface area contributed by atoms with Crippen LogP contribution in [0.25, 0.3) is 6.08 Å². The molecule has 154 valence electrons. The van der Waals surface area contributed by atoms with E-state index in [0.29, 0.717) is 22.6 Å². The molecule has 1 aliphatic rings. The molecule has 0 radical (unpaired) electrons. The van der Waals surface area contributed by atoms with Gasteiger partial charge >= 0.3 is 5.97 Å². The fourth-order valence-electron chi connectivity index (χ4n) is 3.04. The van der Waals surface area contributed by atoms with E-state index < -0.39 is 5.97 Å². The van der Waals surface area contributed by atoms with Gasteiger partial charge in [0, 0.05) is 16.1 Å². The van der Waals surface area contributed by atoms with Crippen molar-refractivity contribution >= 4 is 33.8 Å². The quantitative estimate of drug-likeness (QED) is 0.262. The molecule has 0 aliphatic carbocycles. The molecular formula is C25H17BrO5. The Labute approximate surface area is 187 Å². The number of carbonyl (C=O) groups is 2. The number of ketones is 1. The molecule has 5 nitrogen and oxygen atoms in total. The number of carbonyl (C=O) groups excluding carboxylic acids is 2. The zero-order valence-electron chi connectivity index (χ0n) is 16.5. The van der Waals surface area contributed by atoms with Crippen molar-refractivity contribution < 1.29 is 23.8 Å². The summed E-state index contributed by atoms with van der Waals surface area (Å²) >= 11 is 3.33. The Kier molecular flexibility index (Phi) is 6.00. The summed E-state index contributed by atoms with van der Waals surface area (Å²) in [6, 6.07) is 19.1. The number of hydrogen-bond donors (Lipinski definition) is 0. The molecule has 31 heavy (non-hydrogen) atoms. The van der Waals surface area contributed by atoms with E-state index in [-0.39, 0.29) is 11.5 Å². The number of fused-ring (bicyclic) bond motifs is 1. The van der Waals surface area contributed by atoms with Gasteiger partial charge in [0.25, 0.3) is 0 Å². The van der Waals surface area contributed by atoms with E-state index in [4.69, 9.17) is 14.2 Å². The molecule has 0 spiro atoms. The van der Waals surface area contributed by atoms with Gasteiger partial charge in [-0.1, -0.05) is 46.3 Å². The Morgan fingerprint density at radius 1 is 1.03 bits per heavy atom. The minimum absolute atomic E-state index is 0.192. The summed E-state index contributed by atoms with van der Waals surface area (Å²) in [7, 11) is 1.60. The number of allylic oxidation sites excluding steroid dienone is 3. The van der Waals surface area contributed by atoms with Crippen molar-refractivity contribution in [3.05, 3.63) is 106 Å². The van der Waals surface area contributed by atoms with Gasteiger partial charge in [0.05, 0.1) is 18.2 Å². The number of benzene rings is 3. The van der Waals surface area contributed by atoms with Crippen molar-refractivity contribution in [3.63, 3.8) is 0 Å². The fraction of sp³-hybridized carbons (Fsp3) is 0.0400. The normalized spacial score (nSPS) is 13.9. The number of rotatable bonds is 5. The second kappa shape index (κ2) is 9.02. The van der Waals surface area contributed by atoms with E-state index in [2.05, 4.69) is 15.9 Å². The van der Waals surface area contributed by atoms with Crippen LogP contribution in [0, 0.1) is 0 Å². The third-order valence-corrected chi connectivity index (χ3v) is 5.12. The molecule has 0 N–H and O–H groups in total. The van der Waals surface area contributed by atoms with Crippen LogP contribution in [0.15, 0.2) is 89.1 Å². The summed E-state index contributed by atoms with van der Waals surface area (Å²) in [6.45, 7) is 0. The Morgan fingerprint density at radius 3 is 2.58 bits per heavy atom. The monoisotopic (exact) mass is 476 g/mol. The van der Waals surface area contributed by atoms with Crippen molar-refractivity contribution in [1.29, 1.82) is 0 Å². The van der Waals surface area contributed by atoms with Crippen LogP contribution >= 0.6 is 15.9 Å². The molecule has 6 heteroatoms. The minimum atomic E-state index is -0.493. The first-order valence-electron chi connectivity index (χ1n) is 9.41. The van der Waals surface area contributed by atoms with Gasteiger partial charge in [-0.05, 0) is 48.5 Å². The number of halogens is 1. The molecule has 4 rings (SSSR count). The third-order valence-electron chi connectivity index (χ3n) is 4.59. The van der Waals surface area contributed by atoms with Crippen LogP contribution in [-0.4, -0.2) is 18.9 Å². The lowest BCUT2D eigenvalue weighted by atomic mass is 10.1. The number of Topliss-reactive ketones (excluding diaryl/α,β-unsaturated/α-hetero) is 1. The average Bonchev–Trinajstić information content (AvgIpc) is 3.09. The molecule has 0 fully saturated rings. The molecule has 0 bridgehead atoms. The maximum absolute atomic E-state index is 12.6. The van der Waals surface area contributed by atoms with Crippen LogP contribution in [0.1, 0.15) is 26.3 Å². The summed E-state index contributed by atoms with van der Waals surface area (Å²) in [5.41, 5.74) is 1.72. The maximum atomic E-state index is 12.6. The zero-order valence-corrected chi connectivity index (χ0v) is 18.1. The van der Waals surface area contributed by atoms with E-state index in [1.54, 1.807) is 55.7 Å². The van der Waals surface area contributed by atoms with Gasteiger partial charge < -0.3 is 14.2 Å². The number of ether oxygens (including phenoxy) is 3. The van der Waals surface area contributed by atoms with Crippen LogP contribution in [0.4, 0.5) is 0 Å². The molecule has 1 aliphatic heterocycles. The lowest BCUT2D eigenvalue weighted by molar-refractivity contribution is 0.0734. The van der Waals surface area contributed by atoms with Gasteiger partial charge in [-0.15, -0.1) is 0 Å². The fourth-order valence-corrected chi connectivity index (χ4v) is 3.30. The average molecular weight is 477 g/mol. The zero-order chi connectivity index (χ0) is 21.8. The van der Waals surface area contributed by atoms with Gasteiger partial charge in [-0.2, -0.15) is 0 Å². The summed E-state index contributed by atoms with van der Waals surface area (Å²) in [5.74, 6) is 0.847. The van der Waals surface area contributed by atoms with Gasteiger partial charge in [0.1, 0.15) is 17.2 Å². The molecule has 0 saturated carbocycles. The van der Waals surface area contributed by atoms with Crippen molar-refractivity contribution in [1.82, 2.24) is 0 Å². The van der Waals surface area contributed by atoms with Crippen molar-refractivity contribution in [2.75, 3.05) is 7.11 Å². The Morgan fingerprint density at radius 2 is 1.81 bits per heavy atom. The first-order valence-corrected chi connectivity index (χ1v) is 10.2. The Bertz CT molecular complexity index is 1210. The van der Waals surface area contributed by atoms with Crippen molar-refractivity contribution in [2.24, 2.45) is 0 Å². The summed E-state index contributed by atoms with van der Waals surface area (Å²) in [4.78, 5) is 24.9. The molecule has 0 aromatic heterocycles. The molecule has 0 unspecified atom stereocenters. The number of esters is 1. The molecule has 3 aromatic carbocycles. The maximum Gasteiger partial charge on any atom is 0.343 e. The topological polar surface area (TPSA) is 61.8 Å². The Balaban J connectivity index is 1.49. The van der Waals surface area contributed by atoms with Crippen LogP contribution in [-0.2, 0) is 0 Å². The minimum Gasteiger partial charge on any atom is -0.496 e. The Hall–Kier alpha value is -3.64.